The third-order valence-corrected chi connectivity index (χ3v) is 4.08. The molecule has 0 aliphatic carbocycles. The highest BCUT2D eigenvalue weighted by Crippen LogP contribution is 2.23. The van der Waals surface area contributed by atoms with E-state index in [2.05, 4.69) is 27.4 Å². The highest BCUT2D eigenvalue weighted by molar-refractivity contribution is 9.10. The van der Waals surface area contributed by atoms with Crippen LogP contribution in [-0.4, -0.2) is 5.78 Å². The first kappa shape index (κ1) is 12.8. The molecule has 0 spiro atoms. The van der Waals surface area contributed by atoms with Crippen LogP contribution >= 0.6 is 38.9 Å². The van der Waals surface area contributed by atoms with Crippen molar-refractivity contribution < 1.29 is 4.79 Å². The lowest BCUT2D eigenvalue weighted by molar-refractivity contribution is 0.0982. The molecule has 0 amide bonds. The van der Waals surface area contributed by atoms with Crippen LogP contribution in [0.4, 0.5) is 0 Å². The summed E-state index contributed by atoms with van der Waals surface area (Å²) in [7, 11) is 0. The molecule has 0 bridgehead atoms. The number of halogens is 2. The Kier molecular flexibility index (Phi) is 4.37. The maximum absolute atomic E-state index is 12.0. The molecular weight excluding hydrogens is 320 g/mol. The van der Waals surface area contributed by atoms with Gasteiger partial charge in [0.2, 0.25) is 0 Å². The van der Waals surface area contributed by atoms with Crippen LogP contribution in [0.5, 0.6) is 0 Å². The van der Waals surface area contributed by atoms with Gasteiger partial charge in [-0.25, -0.2) is 0 Å². The van der Waals surface area contributed by atoms with E-state index in [1.807, 2.05) is 5.38 Å². The quantitative estimate of drug-likeness (QED) is 0.723. The molecule has 2 aromatic rings. The van der Waals surface area contributed by atoms with Crippen molar-refractivity contribution >= 4 is 44.7 Å². The monoisotopic (exact) mass is 328 g/mol. The number of ketones is 1. The Morgan fingerprint density at radius 1 is 1.35 bits per heavy atom. The van der Waals surface area contributed by atoms with Gasteiger partial charge in [-0.2, -0.15) is 11.3 Å². The Hall–Kier alpha value is -0.640. The summed E-state index contributed by atoms with van der Waals surface area (Å²) in [5.41, 5.74) is 1.91. The second-order valence-corrected chi connectivity index (χ2v) is 5.75. The Morgan fingerprint density at radius 3 is 2.82 bits per heavy atom. The predicted octanol–water partition coefficient (Wildman–Crippen LogP) is 4.98. The largest absolute Gasteiger partial charge is 0.294 e. The molecule has 0 N–H and O–H groups in total. The van der Waals surface area contributed by atoms with Gasteiger partial charge in [0.25, 0.3) is 0 Å². The minimum absolute atomic E-state index is 0.139. The van der Waals surface area contributed by atoms with E-state index < -0.39 is 0 Å². The lowest BCUT2D eigenvalue weighted by Crippen LogP contribution is -2.01. The van der Waals surface area contributed by atoms with Crippen LogP contribution in [0.3, 0.4) is 0 Å². The van der Waals surface area contributed by atoms with E-state index in [9.17, 15) is 4.79 Å². The fourth-order valence-electron chi connectivity index (χ4n) is 1.54. The van der Waals surface area contributed by atoms with Crippen LogP contribution in [-0.2, 0) is 6.42 Å². The van der Waals surface area contributed by atoms with Gasteiger partial charge in [-0.05, 0) is 62.9 Å². The normalized spacial score (nSPS) is 10.5. The first-order chi connectivity index (χ1) is 8.16. The number of rotatable bonds is 4. The molecule has 0 aliphatic rings. The molecule has 1 aromatic carbocycles. The Balaban J connectivity index is 2.04. The number of hydrogen-bond donors (Lipinski definition) is 0. The van der Waals surface area contributed by atoms with Crippen molar-refractivity contribution in [1.82, 2.24) is 0 Å². The molecule has 0 saturated carbocycles. The Bertz CT molecular complexity index is 522. The van der Waals surface area contributed by atoms with Gasteiger partial charge >= 0.3 is 0 Å². The van der Waals surface area contributed by atoms with E-state index in [0.717, 1.165) is 10.9 Å². The lowest BCUT2D eigenvalue weighted by Gasteiger charge is -2.03. The second kappa shape index (κ2) is 5.80. The van der Waals surface area contributed by atoms with E-state index >= 15 is 0 Å². The minimum atomic E-state index is 0.139. The van der Waals surface area contributed by atoms with Crippen molar-refractivity contribution in [3.8, 4) is 0 Å². The smallest absolute Gasteiger partial charge is 0.164 e. The number of thiophene rings is 1. The summed E-state index contributed by atoms with van der Waals surface area (Å²) >= 11 is 10.9. The van der Waals surface area contributed by atoms with Gasteiger partial charge < -0.3 is 0 Å². The van der Waals surface area contributed by atoms with E-state index in [1.165, 1.54) is 5.56 Å². The maximum Gasteiger partial charge on any atom is 0.164 e. The molecular formula is C13H10BrClOS. The van der Waals surface area contributed by atoms with Crippen molar-refractivity contribution in [3.63, 3.8) is 0 Å². The summed E-state index contributed by atoms with van der Waals surface area (Å²) in [6, 6.07) is 7.31. The number of benzene rings is 1. The SMILES string of the molecule is O=C(CCc1ccsc1)c1ccc(Cl)cc1Br. The average Bonchev–Trinajstić information content (AvgIpc) is 2.78. The minimum Gasteiger partial charge on any atom is -0.294 e. The fourth-order valence-corrected chi connectivity index (χ4v) is 3.15. The molecule has 1 heterocycles. The molecule has 0 saturated heterocycles. The van der Waals surface area contributed by atoms with Crippen LogP contribution in [0.2, 0.25) is 5.02 Å². The number of carbonyl (C=O) groups excluding carboxylic acids is 1. The highest BCUT2D eigenvalue weighted by Gasteiger charge is 2.10. The standard InChI is InChI=1S/C13H10BrClOS/c14-12-7-10(15)2-3-11(12)13(16)4-1-9-5-6-17-8-9/h2-3,5-8H,1,4H2. The topological polar surface area (TPSA) is 17.1 Å². The van der Waals surface area contributed by atoms with Crippen LogP contribution < -0.4 is 0 Å². The van der Waals surface area contributed by atoms with Gasteiger partial charge in [0, 0.05) is 21.5 Å². The molecule has 0 unspecified atom stereocenters. The summed E-state index contributed by atoms with van der Waals surface area (Å²) in [5.74, 6) is 0.139. The van der Waals surface area contributed by atoms with E-state index in [0.29, 0.717) is 17.0 Å². The average molecular weight is 330 g/mol. The number of carbonyl (C=O) groups is 1. The van der Waals surface area contributed by atoms with Gasteiger partial charge in [0.05, 0.1) is 0 Å². The van der Waals surface area contributed by atoms with Gasteiger partial charge in [0.15, 0.2) is 5.78 Å². The van der Waals surface area contributed by atoms with Gasteiger partial charge in [0.1, 0.15) is 0 Å². The summed E-state index contributed by atoms with van der Waals surface area (Å²) in [4.78, 5) is 12.0. The van der Waals surface area contributed by atoms with Gasteiger partial charge in [-0.15, -0.1) is 0 Å². The molecule has 0 radical (unpaired) electrons. The first-order valence-corrected chi connectivity index (χ1v) is 7.27. The molecule has 1 nitrogen and oxygen atoms in total. The third-order valence-electron chi connectivity index (χ3n) is 2.45. The van der Waals surface area contributed by atoms with Crippen LogP contribution in [0.1, 0.15) is 22.3 Å². The second-order valence-electron chi connectivity index (χ2n) is 3.68. The van der Waals surface area contributed by atoms with Crippen molar-refractivity contribution in [2.75, 3.05) is 0 Å². The molecule has 88 valence electrons. The summed E-state index contributed by atoms with van der Waals surface area (Å²) in [5, 5.41) is 4.73. The highest BCUT2D eigenvalue weighted by atomic mass is 79.9. The number of aryl methyl sites for hydroxylation is 1. The molecule has 17 heavy (non-hydrogen) atoms. The third kappa shape index (κ3) is 3.41. The van der Waals surface area contributed by atoms with Crippen molar-refractivity contribution in [2.24, 2.45) is 0 Å². The van der Waals surface area contributed by atoms with Crippen molar-refractivity contribution in [3.05, 3.63) is 55.6 Å². The summed E-state index contributed by atoms with van der Waals surface area (Å²) in [6.07, 6.45) is 1.31. The molecule has 0 aliphatic heterocycles. The zero-order valence-corrected chi connectivity index (χ0v) is 12.1. The molecule has 2 rings (SSSR count). The van der Waals surface area contributed by atoms with Crippen molar-refractivity contribution in [1.29, 1.82) is 0 Å². The Morgan fingerprint density at radius 2 is 2.18 bits per heavy atom. The summed E-state index contributed by atoms with van der Waals surface area (Å²) < 4.78 is 0.764. The number of Topliss-reactive ketones (excluding diaryl/α,β-unsaturated/α-hetero) is 1. The van der Waals surface area contributed by atoms with E-state index in [4.69, 9.17) is 11.6 Å². The van der Waals surface area contributed by atoms with Crippen LogP contribution in [0.25, 0.3) is 0 Å². The molecule has 1 aromatic heterocycles. The Labute approximate surface area is 118 Å². The molecule has 0 fully saturated rings. The van der Waals surface area contributed by atoms with E-state index in [1.54, 1.807) is 29.5 Å². The predicted molar refractivity (Wildman–Crippen MR) is 76.1 cm³/mol. The fraction of sp³-hybridized carbons (Fsp3) is 0.154. The van der Waals surface area contributed by atoms with Crippen LogP contribution in [0.15, 0.2) is 39.5 Å². The zero-order chi connectivity index (χ0) is 12.3. The molecule has 4 heteroatoms. The van der Waals surface area contributed by atoms with Crippen molar-refractivity contribution in [2.45, 2.75) is 12.8 Å². The molecule has 0 atom stereocenters. The lowest BCUT2D eigenvalue weighted by atomic mass is 10.0. The van der Waals surface area contributed by atoms with E-state index in [-0.39, 0.29) is 5.78 Å². The van der Waals surface area contributed by atoms with Gasteiger partial charge in [-0.1, -0.05) is 11.6 Å². The summed E-state index contributed by atoms with van der Waals surface area (Å²) in [6.45, 7) is 0. The van der Waals surface area contributed by atoms with Crippen LogP contribution in [0, 0.1) is 0 Å². The number of hydrogen-bond acceptors (Lipinski definition) is 2. The van der Waals surface area contributed by atoms with Gasteiger partial charge in [-0.3, -0.25) is 4.79 Å². The maximum atomic E-state index is 12.0. The zero-order valence-electron chi connectivity index (χ0n) is 8.95. The first-order valence-electron chi connectivity index (χ1n) is 5.16.